The first kappa shape index (κ1) is 12.4. The van der Waals surface area contributed by atoms with Gasteiger partial charge >= 0.3 is 0 Å². The molecule has 0 heterocycles. The number of hydrogen-bond acceptors (Lipinski definition) is 2. The summed E-state index contributed by atoms with van der Waals surface area (Å²) >= 11 is 0. The Kier molecular flexibility index (Phi) is 7.65. The summed E-state index contributed by atoms with van der Waals surface area (Å²) in [7, 11) is 0. The Labute approximate surface area is 81.7 Å². The Bertz CT molecular complexity index is 181. The SMILES string of the molecule is C/C=C(\C)CN.NCC1=CCCC1. The van der Waals surface area contributed by atoms with Crippen LogP contribution in [0.3, 0.4) is 0 Å². The average molecular weight is 182 g/mol. The molecule has 0 atom stereocenters. The van der Waals surface area contributed by atoms with Crippen molar-refractivity contribution in [3.8, 4) is 0 Å². The lowest BCUT2D eigenvalue weighted by Crippen LogP contribution is -1.99. The molecular formula is C11H22N2. The fourth-order valence-corrected chi connectivity index (χ4v) is 1.04. The third-order valence-corrected chi connectivity index (χ3v) is 2.21. The van der Waals surface area contributed by atoms with Gasteiger partial charge in [-0.3, -0.25) is 0 Å². The van der Waals surface area contributed by atoms with Crippen molar-refractivity contribution in [3.05, 3.63) is 23.3 Å². The molecule has 4 N–H and O–H groups in total. The van der Waals surface area contributed by atoms with Gasteiger partial charge < -0.3 is 11.5 Å². The van der Waals surface area contributed by atoms with E-state index in [-0.39, 0.29) is 0 Å². The topological polar surface area (TPSA) is 52.0 Å². The van der Waals surface area contributed by atoms with E-state index in [9.17, 15) is 0 Å². The lowest BCUT2D eigenvalue weighted by atomic mass is 10.2. The van der Waals surface area contributed by atoms with Gasteiger partial charge in [0, 0.05) is 13.1 Å². The molecule has 0 aliphatic heterocycles. The van der Waals surface area contributed by atoms with Gasteiger partial charge in [0.05, 0.1) is 0 Å². The minimum Gasteiger partial charge on any atom is -0.327 e. The van der Waals surface area contributed by atoms with E-state index in [2.05, 4.69) is 6.08 Å². The van der Waals surface area contributed by atoms with Crippen LogP contribution < -0.4 is 11.5 Å². The zero-order chi connectivity index (χ0) is 10.1. The maximum Gasteiger partial charge on any atom is 0.0136 e. The molecule has 0 spiro atoms. The molecule has 0 aromatic carbocycles. The van der Waals surface area contributed by atoms with Crippen LogP contribution in [0.15, 0.2) is 23.3 Å². The highest BCUT2D eigenvalue weighted by atomic mass is 14.5. The van der Waals surface area contributed by atoms with Crippen molar-refractivity contribution in [2.45, 2.75) is 33.1 Å². The summed E-state index contributed by atoms with van der Waals surface area (Å²) in [5.74, 6) is 0. The molecule has 1 aliphatic rings. The predicted molar refractivity (Wildman–Crippen MR) is 59.5 cm³/mol. The highest BCUT2D eigenvalue weighted by Crippen LogP contribution is 2.15. The van der Waals surface area contributed by atoms with Crippen LogP contribution in [0, 0.1) is 0 Å². The molecule has 0 saturated carbocycles. The third-order valence-electron chi connectivity index (χ3n) is 2.21. The summed E-state index contributed by atoms with van der Waals surface area (Å²) in [6.45, 7) is 5.47. The second-order valence-corrected chi connectivity index (χ2v) is 3.30. The minimum atomic E-state index is 0.691. The quantitative estimate of drug-likeness (QED) is 0.641. The van der Waals surface area contributed by atoms with Crippen LogP contribution in [0.25, 0.3) is 0 Å². The van der Waals surface area contributed by atoms with Gasteiger partial charge in [-0.1, -0.05) is 23.3 Å². The summed E-state index contributed by atoms with van der Waals surface area (Å²) in [5.41, 5.74) is 13.3. The van der Waals surface area contributed by atoms with Crippen LogP contribution >= 0.6 is 0 Å². The van der Waals surface area contributed by atoms with Crippen LogP contribution in [-0.4, -0.2) is 13.1 Å². The molecule has 0 unspecified atom stereocenters. The van der Waals surface area contributed by atoms with Gasteiger partial charge in [0.25, 0.3) is 0 Å². The van der Waals surface area contributed by atoms with Gasteiger partial charge in [0.15, 0.2) is 0 Å². The molecule has 2 heteroatoms. The minimum absolute atomic E-state index is 0.691. The van der Waals surface area contributed by atoms with Crippen molar-refractivity contribution < 1.29 is 0 Å². The van der Waals surface area contributed by atoms with Crippen molar-refractivity contribution in [2.75, 3.05) is 13.1 Å². The highest BCUT2D eigenvalue weighted by Gasteiger charge is 1.99. The number of nitrogens with two attached hydrogens (primary N) is 2. The van der Waals surface area contributed by atoms with E-state index >= 15 is 0 Å². The first-order chi connectivity index (χ1) is 6.24. The smallest absolute Gasteiger partial charge is 0.0136 e. The molecule has 0 bridgehead atoms. The Hall–Kier alpha value is -0.600. The molecule has 13 heavy (non-hydrogen) atoms. The second kappa shape index (κ2) is 8.02. The van der Waals surface area contributed by atoms with Crippen molar-refractivity contribution >= 4 is 0 Å². The Morgan fingerprint density at radius 3 is 2.38 bits per heavy atom. The van der Waals surface area contributed by atoms with Crippen LogP contribution in [-0.2, 0) is 0 Å². The lowest BCUT2D eigenvalue weighted by molar-refractivity contribution is 0.889. The fraction of sp³-hybridized carbons (Fsp3) is 0.636. The van der Waals surface area contributed by atoms with Gasteiger partial charge in [-0.2, -0.15) is 0 Å². The summed E-state index contributed by atoms with van der Waals surface area (Å²) < 4.78 is 0. The lowest BCUT2D eigenvalue weighted by Gasteiger charge is -1.89. The average Bonchev–Trinajstić information content (AvgIpc) is 2.70. The van der Waals surface area contributed by atoms with Crippen molar-refractivity contribution in [1.29, 1.82) is 0 Å². The fourth-order valence-electron chi connectivity index (χ4n) is 1.04. The van der Waals surface area contributed by atoms with Crippen molar-refractivity contribution in [3.63, 3.8) is 0 Å². The van der Waals surface area contributed by atoms with Gasteiger partial charge in [-0.05, 0) is 33.1 Å². The highest BCUT2D eigenvalue weighted by molar-refractivity contribution is 5.08. The molecule has 1 aliphatic carbocycles. The molecule has 0 saturated heterocycles. The molecule has 0 radical (unpaired) electrons. The maximum absolute atomic E-state index is 5.37. The zero-order valence-corrected chi connectivity index (χ0v) is 8.84. The third kappa shape index (κ3) is 6.55. The van der Waals surface area contributed by atoms with E-state index in [1.54, 1.807) is 0 Å². The number of rotatable bonds is 2. The molecule has 0 aromatic rings. The molecule has 76 valence electrons. The van der Waals surface area contributed by atoms with Crippen LogP contribution in [0.1, 0.15) is 33.1 Å². The van der Waals surface area contributed by atoms with E-state index in [1.807, 2.05) is 19.9 Å². The van der Waals surface area contributed by atoms with Crippen LogP contribution in [0.2, 0.25) is 0 Å². The van der Waals surface area contributed by atoms with Crippen molar-refractivity contribution in [1.82, 2.24) is 0 Å². The van der Waals surface area contributed by atoms with Crippen LogP contribution in [0.4, 0.5) is 0 Å². The molecular weight excluding hydrogens is 160 g/mol. The predicted octanol–water partition coefficient (Wildman–Crippen LogP) is 1.97. The first-order valence-electron chi connectivity index (χ1n) is 4.94. The van der Waals surface area contributed by atoms with E-state index in [4.69, 9.17) is 11.5 Å². The summed E-state index contributed by atoms with van der Waals surface area (Å²) in [6.07, 6.45) is 8.09. The van der Waals surface area contributed by atoms with Gasteiger partial charge in [0.2, 0.25) is 0 Å². The van der Waals surface area contributed by atoms with Crippen LogP contribution in [0.5, 0.6) is 0 Å². The second-order valence-electron chi connectivity index (χ2n) is 3.30. The number of allylic oxidation sites excluding steroid dienone is 2. The summed E-state index contributed by atoms with van der Waals surface area (Å²) in [4.78, 5) is 0. The monoisotopic (exact) mass is 182 g/mol. The van der Waals surface area contributed by atoms with Gasteiger partial charge in [-0.25, -0.2) is 0 Å². The Morgan fingerprint density at radius 2 is 2.23 bits per heavy atom. The number of hydrogen-bond donors (Lipinski definition) is 2. The van der Waals surface area contributed by atoms with E-state index in [1.165, 1.54) is 30.4 Å². The molecule has 0 fully saturated rings. The van der Waals surface area contributed by atoms with E-state index in [0.29, 0.717) is 6.54 Å². The molecule has 1 rings (SSSR count). The largest absolute Gasteiger partial charge is 0.327 e. The van der Waals surface area contributed by atoms with Crippen molar-refractivity contribution in [2.24, 2.45) is 11.5 Å². The maximum atomic E-state index is 5.37. The Balaban J connectivity index is 0.000000226. The molecule has 0 amide bonds. The molecule has 0 aromatic heterocycles. The first-order valence-corrected chi connectivity index (χ1v) is 4.94. The zero-order valence-electron chi connectivity index (χ0n) is 8.84. The van der Waals surface area contributed by atoms with E-state index in [0.717, 1.165) is 6.54 Å². The van der Waals surface area contributed by atoms with Gasteiger partial charge in [0.1, 0.15) is 0 Å². The summed E-state index contributed by atoms with van der Waals surface area (Å²) in [5, 5.41) is 0. The summed E-state index contributed by atoms with van der Waals surface area (Å²) in [6, 6.07) is 0. The van der Waals surface area contributed by atoms with Gasteiger partial charge in [-0.15, -0.1) is 0 Å². The standard InChI is InChI=1S/C6H11N.C5H11N/c7-5-6-3-1-2-4-6;1-3-5(2)4-6/h3H,1-2,4-5,7H2;3H,4,6H2,1-2H3/b;5-3+. The normalized spacial score (nSPS) is 16.3. The Morgan fingerprint density at radius 1 is 1.54 bits per heavy atom. The molecule has 2 nitrogen and oxygen atoms in total. The van der Waals surface area contributed by atoms with E-state index < -0.39 is 0 Å².